The van der Waals surface area contributed by atoms with Crippen LogP contribution in [0.25, 0.3) is 0 Å². The molecule has 0 spiro atoms. The van der Waals surface area contributed by atoms with Gasteiger partial charge in [-0.05, 0) is 12.1 Å². The van der Waals surface area contributed by atoms with E-state index >= 15 is 0 Å². The molecule has 2 N–H and O–H groups in total. The molecule has 110 valence electrons. The van der Waals surface area contributed by atoms with E-state index in [4.69, 9.17) is 16.3 Å². The summed E-state index contributed by atoms with van der Waals surface area (Å²) in [5.74, 6) is -0.498. The number of nitro groups is 1. The highest BCUT2D eigenvalue weighted by Gasteiger charge is 2.19. The number of carbonyl (C=O) groups is 1. The minimum atomic E-state index is -0.627. The molecular weight excluding hydrogens is 286 g/mol. The average molecular weight is 302 g/mol. The number of halogens is 1. The zero-order valence-electron chi connectivity index (χ0n) is 11.0. The largest absolute Gasteiger partial charge is 0.383 e. The molecular formula is C12H16ClN3O4. The van der Waals surface area contributed by atoms with E-state index in [0.29, 0.717) is 26.2 Å². The molecule has 8 heteroatoms. The Morgan fingerprint density at radius 2 is 2.15 bits per heavy atom. The lowest BCUT2D eigenvalue weighted by Crippen LogP contribution is -2.33. The molecule has 0 radical (unpaired) electrons. The first-order valence-electron chi connectivity index (χ1n) is 5.98. The Morgan fingerprint density at radius 1 is 1.40 bits per heavy atom. The first-order valence-corrected chi connectivity index (χ1v) is 6.36. The molecule has 1 aromatic rings. The van der Waals surface area contributed by atoms with Crippen LogP contribution in [0.3, 0.4) is 0 Å². The Bertz CT molecular complexity index is 482. The molecule has 0 saturated heterocycles. The average Bonchev–Trinajstić information content (AvgIpc) is 2.42. The van der Waals surface area contributed by atoms with Crippen molar-refractivity contribution in [3.8, 4) is 0 Å². The van der Waals surface area contributed by atoms with Crippen molar-refractivity contribution in [2.75, 3.05) is 33.4 Å². The molecule has 1 aromatic carbocycles. The summed E-state index contributed by atoms with van der Waals surface area (Å²) >= 11 is 5.68. The highest BCUT2D eigenvalue weighted by molar-refractivity contribution is 6.31. The Balaban J connectivity index is 2.53. The fourth-order valence-electron chi connectivity index (χ4n) is 1.51. The lowest BCUT2D eigenvalue weighted by atomic mass is 10.1. The van der Waals surface area contributed by atoms with Crippen LogP contribution < -0.4 is 10.6 Å². The fraction of sp³-hybridized carbons (Fsp3) is 0.417. The van der Waals surface area contributed by atoms with Crippen molar-refractivity contribution in [1.82, 2.24) is 10.6 Å². The van der Waals surface area contributed by atoms with Gasteiger partial charge in [-0.2, -0.15) is 0 Å². The molecule has 0 atom stereocenters. The number of ether oxygens (including phenoxy) is 1. The molecule has 0 heterocycles. The third-order valence-electron chi connectivity index (χ3n) is 2.47. The summed E-state index contributed by atoms with van der Waals surface area (Å²) in [5.41, 5.74) is -0.307. The van der Waals surface area contributed by atoms with Crippen LogP contribution in [0, 0.1) is 10.1 Å². The van der Waals surface area contributed by atoms with Crippen LogP contribution in [0.15, 0.2) is 18.2 Å². The minimum Gasteiger partial charge on any atom is -0.383 e. The molecule has 1 amide bonds. The van der Waals surface area contributed by atoms with E-state index in [1.807, 2.05) is 0 Å². The Hall–Kier alpha value is -1.70. The van der Waals surface area contributed by atoms with Crippen molar-refractivity contribution >= 4 is 23.2 Å². The van der Waals surface area contributed by atoms with E-state index in [-0.39, 0.29) is 16.3 Å². The smallest absolute Gasteiger partial charge is 0.283 e. The molecule has 20 heavy (non-hydrogen) atoms. The third-order valence-corrected chi connectivity index (χ3v) is 2.71. The van der Waals surface area contributed by atoms with Gasteiger partial charge in [0.05, 0.1) is 11.5 Å². The summed E-state index contributed by atoms with van der Waals surface area (Å²) in [7, 11) is 1.60. The maximum atomic E-state index is 11.9. The number of hydrogen-bond acceptors (Lipinski definition) is 5. The summed E-state index contributed by atoms with van der Waals surface area (Å²) < 4.78 is 4.85. The molecule has 0 aliphatic carbocycles. The van der Waals surface area contributed by atoms with E-state index < -0.39 is 10.8 Å². The predicted octanol–water partition coefficient (Wildman–Crippen LogP) is 1.21. The number of nitro benzene ring substituents is 1. The lowest BCUT2D eigenvalue weighted by molar-refractivity contribution is -0.385. The summed E-state index contributed by atoms with van der Waals surface area (Å²) in [6.45, 7) is 2.17. The summed E-state index contributed by atoms with van der Waals surface area (Å²) in [6, 6.07) is 3.95. The van der Waals surface area contributed by atoms with Crippen molar-refractivity contribution in [3.63, 3.8) is 0 Å². The maximum Gasteiger partial charge on any atom is 0.283 e. The summed E-state index contributed by atoms with van der Waals surface area (Å²) in [4.78, 5) is 22.1. The van der Waals surface area contributed by atoms with Crippen molar-refractivity contribution in [3.05, 3.63) is 38.9 Å². The highest BCUT2D eigenvalue weighted by Crippen LogP contribution is 2.22. The number of nitrogens with one attached hydrogen (secondary N) is 2. The standard InChI is InChI=1S/C12H16ClN3O4/c1-20-7-6-14-4-5-15-12(17)10-3-2-9(13)8-11(10)16(18)19/h2-3,8,14H,4-7H2,1H3,(H,15,17). The monoisotopic (exact) mass is 301 g/mol. The fourth-order valence-corrected chi connectivity index (χ4v) is 1.67. The molecule has 0 unspecified atom stereocenters. The Kier molecular flexibility index (Phi) is 6.92. The topological polar surface area (TPSA) is 93.5 Å². The molecule has 1 rings (SSSR count). The van der Waals surface area contributed by atoms with Crippen molar-refractivity contribution in [1.29, 1.82) is 0 Å². The van der Waals surface area contributed by atoms with Gasteiger partial charge in [-0.3, -0.25) is 14.9 Å². The van der Waals surface area contributed by atoms with Gasteiger partial charge in [0, 0.05) is 37.8 Å². The summed E-state index contributed by atoms with van der Waals surface area (Å²) in [6.07, 6.45) is 0. The van der Waals surface area contributed by atoms with Gasteiger partial charge in [-0.25, -0.2) is 0 Å². The quantitative estimate of drug-likeness (QED) is 0.428. The number of rotatable bonds is 8. The number of carbonyl (C=O) groups excluding carboxylic acids is 1. The van der Waals surface area contributed by atoms with Crippen LogP contribution in [-0.2, 0) is 4.74 Å². The van der Waals surface area contributed by atoms with Crippen LogP contribution in [0.4, 0.5) is 5.69 Å². The molecule has 7 nitrogen and oxygen atoms in total. The zero-order valence-corrected chi connectivity index (χ0v) is 11.8. The molecule has 0 aromatic heterocycles. The molecule has 0 saturated carbocycles. The van der Waals surface area contributed by atoms with E-state index in [2.05, 4.69) is 10.6 Å². The van der Waals surface area contributed by atoms with E-state index in [1.165, 1.54) is 12.1 Å². The van der Waals surface area contributed by atoms with Gasteiger partial charge < -0.3 is 15.4 Å². The van der Waals surface area contributed by atoms with Gasteiger partial charge in [-0.15, -0.1) is 0 Å². The van der Waals surface area contributed by atoms with Crippen molar-refractivity contribution in [2.24, 2.45) is 0 Å². The molecule has 0 fully saturated rings. The summed E-state index contributed by atoms with van der Waals surface area (Å²) in [5, 5.41) is 16.7. The second kappa shape index (κ2) is 8.47. The second-order valence-corrected chi connectivity index (χ2v) is 4.35. The van der Waals surface area contributed by atoms with Gasteiger partial charge in [0.1, 0.15) is 5.56 Å². The molecule has 0 bridgehead atoms. The number of hydrogen-bond donors (Lipinski definition) is 2. The SMILES string of the molecule is COCCNCCNC(=O)c1ccc(Cl)cc1[N+](=O)[O-]. The Labute approximate surface area is 121 Å². The number of nitrogens with zero attached hydrogens (tertiary/aromatic N) is 1. The molecule has 0 aliphatic heterocycles. The third kappa shape index (κ3) is 5.12. The number of benzene rings is 1. The Morgan fingerprint density at radius 3 is 2.80 bits per heavy atom. The van der Waals surface area contributed by atoms with Gasteiger partial charge in [0.15, 0.2) is 0 Å². The number of methoxy groups -OCH3 is 1. The van der Waals surface area contributed by atoms with Crippen LogP contribution >= 0.6 is 11.6 Å². The predicted molar refractivity (Wildman–Crippen MR) is 75.2 cm³/mol. The van der Waals surface area contributed by atoms with Crippen molar-refractivity contribution < 1.29 is 14.5 Å². The maximum absolute atomic E-state index is 11.9. The van der Waals surface area contributed by atoms with E-state index in [0.717, 1.165) is 6.07 Å². The van der Waals surface area contributed by atoms with Crippen LogP contribution in [0.1, 0.15) is 10.4 Å². The van der Waals surface area contributed by atoms with Gasteiger partial charge in [0.25, 0.3) is 11.6 Å². The van der Waals surface area contributed by atoms with Crippen LogP contribution in [0.2, 0.25) is 5.02 Å². The van der Waals surface area contributed by atoms with Gasteiger partial charge >= 0.3 is 0 Å². The number of amides is 1. The van der Waals surface area contributed by atoms with Gasteiger partial charge in [-0.1, -0.05) is 11.6 Å². The normalized spacial score (nSPS) is 10.3. The highest BCUT2D eigenvalue weighted by atomic mass is 35.5. The van der Waals surface area contributed by atoms with E-state index in [9.17, 15) is 14.9 Å². The second-order valence-electron chi connectivity index (χ2n) is 3.92. The first-order chi connectivity index (χ1) is 9.56. The first kappa shape index (κ1) is 16.4. The van der Waals surface area contributed by atoms with Crippen LogP contribution in [-0.4, -0.2) is 44.2 Å². The van der Waals surface area contributed by atoms with E-state index in [1.54, 1.807) is 7.11 Å². The molecule has 0 aliphatic rings. The van der Waals surface area contributed by atoms with Gasteiger partial charge in [0.2, 0.25) is 0 Å². The minimum absolute atomic E-state index is 0.00343. The zero-order chi connectivity index (χ0) is 15.0. The van der Waals surface area contributed by atoms with Crippen LogP contribution in [0.5, 0.6) is 0 Å². The van der Waals surface area contributed by atoms with Crippen molar-refractivity contribution in [2.45, 2.75) is 0 Å². The lowest BCUT2D eigenvalue weighted by Gasteiger charge is -2.07.